The molecule has 0 atom stereocenters. The summed E-state index contributed by atoms with van der Waals surface area (Å²) >= 11 is 0. The van der Waals surface area contributed by atoms with Gasteiger partial charge in [0.1, 0.15) is 0 Å². The number of hydrogen-bond acceptors (Lipinski definition) is 1. The van der Waals surface area contributed by atoms with Gasteiger partial charge in [0.25, 0.3) is 0 Å². The molecule has 0 fully saturated rings. The molecule has 0 bridgehead atoms. The second-order valence-electron chi connectivity index (χ2n) is 5.38. The minimum atomic E-state index is 0.000000000000000222. The molecule has 0 aromatic carbocycles. The van der Waals surface area contributed by atoms with E-state index in [0.717, 1.165) is 0 Å². The topological polar surface area (TPSA) is 26.0 Å². The maximum atomic E-state index is 6.00. The Morgan fingerprint density at radius 1 is 0.867 bits per heavy atom. The molecule has 0 rings (SSSR count). The third kappa shape index (κ3) is 8.92. The van der Waals surface area contributed by atoms with Crippen LogP contribution in [0.4, 0.5) is 0 Å². The molecule has 0 saturated carbocycles. The zero-order chi connectivity index (χ0) is 12.5. The van der Waals surface area contributed by atoms with Gasteiger partial charge in [0, 0.05) is 5.54 Å². The van der Waals surface area contributed by atoms with E-state index in [-0.39, 0.29) is 5.54 Å². The molecule has 15 heavy (non-hydrogen) atoms. The summed E-state index contributed by atoms with van der Waals surface area (Å²) in [5.74, 6) is 1.13. The van der Waals surface area contributed by atoms with E-state index >= 15 is 0 Å². The molecular weight excluding hydrogens is 182 g/mol. The highest BCUT2D eigenvalue weighted by Gasteiger charge is 2.26. The highest BCUT2D eigenvalue weighted by molar-refractivity contribution is 4.84. The first-order chi connectivity index (χ1) is 6.80. The molecular formula is C14H33N. The molecule has 2 N–H and O–H groups in total. The Bertz CT molecular complexity index is 111. The number of nitrogens with two attached hydrogens (primary N) is 1. The van der Waals surface area contributed by atoms with Gasteiger partial charge < -0.3 is 5.73 Å². The van der Waals surface area contributed by atoms with Crippen LogP contribution >= 0.6 is 0 Å². The predicted octanol–water partition coefficient (Wildman–Crippen LogP) is 4.60. The molecule has 1 heteroatoms. The van der Waals surface area contributed by atoms with Crippen LogP contribution in [0.15, 0.2) is 0 Å². The molecule has 0 aliphatic carbocycles. The molecule has 1 nitrogen and oxygen atoms in total. The lowest BCUT2D eigenvalue weighted by atomic mass is 9.80. The van der Waals surface area contributed by atoms with Gasteiger partial charge in [-0.1, -0.05) is 67.2 Å². The van der Waals surface area contributed by atoms with Crippen LogP contribution in [0.2, 0.25) is 0 Å². The summed E-state index contributed by atoms with van der Waals surface area (Å²) in [7, 11) is 0. The van der Waals surface area contributed by atoms with Gasteiger partial charge in [0.2, 0.25) is 0 Å². The summed E-state index contributed by atoms with van der Waals surface area (Å²) < 4.78 is 0. The normalized spacial score (nSPS) is 11.6. The highest BCUT2D eigenvalue weighted by atomic mass is 14.7. The van der Waals surface area contributed by atoms with Crippen LogP contribution in [0.1, 0.15) is 74.1 Å². The Kier molecular flexibility index (Phi) is 10.7. The average molecular weight is 215 g/mol. The Balaban J connectivity index is 0. The van der Waals surface area contributed by atoms with E-state index < -0.39 is 0 Å². The van der Waals surface area contributed by atoms with Crippen molar-refractivity contribution in [2.75, 3.05) is 0 Å². The van der Waals surface area contributed by atoms with Crippen molar-refractivity contribution in [3.05, 3.63) is 0 Å². The number of hydrogen-bond donors (Lipinski definition) is 1. The largest absolute Gasteiger partial charge is 0.325 e. The van der Waals surface area contributed by atoms with Gasteiger partial charge in [-0.15, -0.1) is 0 Å². The summed E-state index contributed by atoms with van der Waals surface area (Å²) in [6.45, 7) is 15.2. The maximum Gasteiger partial charge on any atom is 0.0172 e. The lowest BCUT2D eigenvalue weighted by molar-refractivity contribution is 0.250. The van der Waals surface area contributed by atoms with Crippen molar-refractivity contribution >= 4 is 0 Å². The van der Waals surface area contributed by atoms with Crippen LogP contribution in [0, 0.1) is 11.8 Å². The third-order valence-electron chi connectivity index (χ3n) is 3.45. The molecule has 0 spiro atoms. The smallest absolute Gasteiger partial charge is 0.0172 e. The van der Waals surface area contributed by atoms with Crippen LogP contribution in [0.3, 0.4) is 0 Å². The van der Waals surface area contributed by atoms with E-state index in [1.807, 2.05) is 0 Å². The zero-order valence-electron chi connectivity index (χ0n) is 12.1. The minimum Gasteiger partial charge on any atom is -0.325 e. The molecule has 0 radical (unpaired) electrons. The summed E-state index contributed by atoms with van der Waals surface area (Å²) in [6, 6.07) is 0. The van der Waals surface area contributed by atoms with Crippen molar-refractivity contribution in [3.8, 4) is 0 Å². The second kappa shape index (κ2) is 9.21. The molecule has 0 unspecified atom stereocenters. The first-order valence-corrected chi connectivity index (χ1v) is 6.59. The minimum absolute atomic E-state index is 0.000000000000000222. The van der Waals surface area contributed by atoms with Gasteiger partial charge in [-0.3, -0.25) is 0 Å². The van der Waals surface area contributed by atoms with Gasteiger partial charge in [-0.05, 0) is 18.8 Å². The molecule has 94 valence electrons. The molecule has 0 amide bonds. The fourth-order valence-electron chi connectivity index (χ4n) is 1.17. The van der Waals surface area contributed by atoms with E-state index in [0.29, 0.717) is 11.8 Å². The van der Waals surface area contributed by atoms with E-state index in [4.69, 9.17) is 5.73 Å². The van der Waals surface area contributed by atoms with Crippen LogP contribution in [-0.2, 0) is 0 Å². The monoisotopic (exact) mass is 215 g/mol. The highest BCUT2D eigenvalue weighted by Crippen LogP contribution is 2.21. The molecule has 0 aliphatic heterocycles. The first-order valence-electron chi connectivity index (χ1n) is 6.59. The summed E-state index contributed by atoms with van der Waals surface area (Å²) in [5, 5.41) is 0. The van der Waals surface area contributed by atoms with E-state index in [2.05, 4.69) is 48.5 Å². The number of unbranched alkanes of at least 4 members (excludes halogenated alkanes) is 3. The summed E-state index contributed by atoms with van der Waals surface area (Å²) in [4.78, 5) is 0. The molecule has 0 aromatic rings. The Hall–Kier alpha value is -0.0400. The van der Waals surface area contributed by atoms with Crippen LogP contribution in [0.5, 0.6) is 0 Å². The van der Waals surface area contributed by atoms with Crippen molar-refractivity contribution in [1.29, 1.82) is 0 Å². The van der Waals surface area contributed by atoms with Crippen LogP contribution < -0.4 is 5.73 Å². The zero-order valence-corrected chi connectivity index (χ0v) is 12.1. The lowest BCUT2D eigenvalue weighted by Gasteiger charge is -2.33. The van der Waals surface area contributed by atoms with Gasteiger partial charge in [0.15, 0.2) is 0 Å². The van der Waals surface area contributed by atoms with Gasteiger partial charge >= 0.3 is 0 Å². The molecule has 0 aliphatic rings. The number of rotatable bonds is 5. The van der Waals surface area contributed by atoms with Crippen LogP contribution in [0.25, 0.3) is 0 Å². The fourth-order valence-corrected chi connectivity index (χ4v) is 1.17. The molecule has 0 heterocycles. The third-order valence-corrected chi connectivity index (χ3v) is 3.45. The summed E-state index contributed by atoms with van der Waals surface area (Å²) in [5.41, 5.74) is 6.00. The van der Waals surface area contributed by atoms with Gasteiger partial charge in [0.05, 0.1) is 0 Å². The fraction of sp³-hybridized carbons (Fsp3) is 1.00. The Morgan fingerprint density at radius 3 is 1.20 bits per heavy atom. The van der Waals surface area contributed by atoms with Crippen molar-refractivity contribution in [2.24, 2.45) is 17.6 Å². The van der Waals surface area contributed by atoms with Crippen LogP contribution in [-0.4, -0.2) is 5.54 Å². The standard InChI is InChI=1S/C8H19N.C6H14/c1-6(2)8(5,9)7(3)4;1-3-5-6-4-2/h6-7H,9H2,1-5H3;3-6H2,1-2H3. The van der Waals surface area contributed by atoms with Gasteiger partial charge in [-0.2, -0.15) is 0 Å². The van der Waals surface area contributed by atoms with Crippen molar-refractivity contribution in [3.63, 3.8) is 0 Å². The van der Waals surface area contributed by atoms with Crippen molar-refractivity contribution < 1.29 is 0 Å². The Labute approximate surface area is 97.8 Å². The van der Waals surface area contributed by atoms with E-state index in [9.17, 15) is 0 Å². The first kappa shape index (κ1) is 17.4. The van der Waals surface area contributed by atoms with Gasteiger partial charge in [-0.25, -0.2) is 0 Å². The van der Waals surface area contributed by atoms with E-state index in [1.165, 1.54) is 25.7 Å². The summed E-state index contributed by atoms with van der Waals surface area (Å²) in [6.07, 6.45) is 5.54. The lowest BCUT2D eigenvalue weighted by Crippen LogP contribution is -2.46. The van der Waals surface area contributed by atoms with E-state index in [1.54, 1.807) is 0 Å². The predicted molar refractivity (Wildman–Crippen MR) is 72.1 cm³/mol. The Morgan fingerprint density at radius 2 is 1.13 bits per heavy atom. The molecule has 0 saturated heterocycles. The average Bonchev–Trinajstić information content (AvgIpc) is 2.15. The van der Waals surface area contributed by atoms with Crippen molar-refractivity contribution in [2.45, 2.75) is 79.7 Å². The SMILES string of the molecule is CC(C)C(C)(N)C(C)C.CCCCCC. The quantitative estimate of drug-likeness (QED) is 0.666. The maximum absolute atomic E-state index is 6.00. The second-order valence-corrected chi connectivity index (χ2v) is 5.38. The van der Waals surface area contributed by atoms with Crippen molar-refractivity contribution in [1.82, 2.24) is 0 Å². The molecule has 0 aromatic heterocycles.